The van der Waals surface area contributed by atoms with E-state index in [4.69, 9.17) is 4.42 Å². The molecule has 0 spiro atoms. The van der Waals surface area contributed by atoms with Gasteiger partial charge in [-0.25, -0.2) is 4.98 Å². The van der Waals surface area contributed by atoms with Gasteiger partial charge in [-0.2, -0.15) is 0 Å². The second kappa shape index (κ2) is 7.62. The number of pyridine rings is 1. The van der Waals surface area contributed by atoms with Crippen molar-refractivity contribution >= 4 is 48.5 Å². The van der Waals surface area contributed by atoms with Gasteiger partial charge >= 0.3 is 0 Å². The van der Waals surface area contributed by atoms with E-state index in [0.29, 0.717) is 16.3 Å². The number of amides is 1. The van der Waals surface area contributed by atoms with Crippen LogP contribution < -0.4 is 4.90 Å². The average Bonchev–Trinajstić information content (AvgIpc) is 3.31. The molecule has 5 nitrogen and oxygen atoms in total. The number of aryl methyl sites for hydroxylation is 1. The van der Waals surface area contributed by atoms with Crippen LogP contribution in [0.1, 0.15) is 28.7 Å². The predicted molar refractivity (Wildman–Crippen MR) is 110 cm³/mol. The van der Waals surface area contributed by atoms with Gasteiger partial charge in [0.2, 0.25) is 0 Å². The maximum Gasteiger partial charge on any atom is 0.296 e. The quantitative estimate of drug-likeness (QED) is 0.412. The van der Waals surface area contributed by atoms with Crippen LogP contribution in [0, 0.1) is 0 Å². The number of anilines is 1. The molecule has 0 N–H and O–H groups in total. The fourth-order valence-corrected chi connectivity index (χ4v) is 4.07. The maximum atomic E-state index is 13.1. The number of carbonyl (C=O) groups excluding carboxylic acids is 1. The molecule has 136 valence electrons. The zero-order valence-corrected chi connectivity index (χ0v) is 17.0. The number of hydrogen-bond donors (Lipinski definition) is 0. The highest BCUT2D eigenvalue weighted by Crippen LogP contribution is 2.32. The minimum absolute atomic E-state index is 0.249. The summed E-state index contributed by atoms with van der Waals surface area (Å²) in [4.78, 5) is 23.8. The molecule has 3 aromatic heterocycles. The van der Waals surface area contributed by atoms with Gasteiger partial charge in [0.1, 0.15) is 0 Å². The third-order valence-corrected chi connectivity index (χ3v) is 5.62. The molecule has 27 heavy (non-hydrogen) atoms. The van der Waals surface area contributed by atoms with Crippen LogP contribution in [0.3, 0.4) is 0 Å². The Morgan fingerprint density at radius 2 is 2.11 bits per heavy atom. The first-order valence-corrected chi connectivity index (χ1v) is 10.1. The Hall–Kier alpha value is -2.51. The molecule has 4 rings (SSSR count). The van der Waals surface area contributed by atoms with Gasteiger partial charge in [-0.05, 0) is 64.3 Å². The van der Waals surface area contributed by atoms with Gasteiger partial charge in [0.25, 0.3) is 5.91 Å². The van der Waals surface area contributed by atoms with Crippen LogP contribution in [-0.4, -0.2) is 15.9 Å². The summed E-state index contributed by atoms with van der Waals surface area (Å²) in [5, 5.41) is 0.626. The van der Waals surface area contributed by atoms with Gasteiger partial charge in [-0.1, -0.05) is 30.4 Å². The third-order valence-electron chi connectivity index (χ3n) is 4.16. The number of furan rings is 1. The number of rotatable bonds is 5. The first kappa shape index (κ1) is 17.9. The van der Waals surface area contributed by atoms with Crippen LogP contribution in [0.2, 0.25) is 0 Å². The molecule has 0 radical (unpaired) electrons. The van der Waals surface area contributed by atoms with Crippen LogP contribution in [-0.2, 0) is 13.0 Å². The van der Waals surface area contributed by atoms with Gasteiger partial charge in [0, 0.05) is 6.20 Å². The molecule has 3 heterocycles. The molecular weight excluding hydrogens is 426 g/mol. The number of benzene rings is 1. The normalized spacial score (nSPS) is 11.0. The molecular formula is C20H16BrN3O2S. The van der Waals surface area contributed by atoms with E-state index in [0.717, 1.165) is 22.3 Å². The Labute approximate surface area is 168 Å². The van der Waals surface area contributed by atoms with Crippen LogP contribution in [0.4, 0.5) is 5.13 Å². The SMILES string of the molecule is CCc1ccc2nc(N(Cc3ccccn3)C(=O)c3ccc(Br)o3)sc2c1. The van der Waals surface area contributed by atoms with E-state index >= 15 is 0 Å². The third kappa shape index (κ3) is 3.79. The molecule has 1 amide bonds. The average molecular weight is 442 g/mol. The summed E-state index contributed by atoms with van der Waals surface area (Å²) in [5.74, 6) is 0.00688. The minimum Gasteiger partial charge on any atom is -0.444 e. The van der Waals surface area contributed by atoms with Gasteiger partial charge in [-0.15, -0.1) is 0 Å². The van der Waals surface area contributed by atoms with Crippen molar-refractivity contribution in [2.45, 2.75) is 19.9 Å². The predicted octanol–water partition coefficient (Wildman–Crippen LogP) is 5.46. The lowest BCUT2D eigenvalue weighted by Crippen LogP contribution is -2.30. The number of hydrogen-bond acceptors (Lipinski definition) is 5. The Morgan fingerprint density at radius 1 is 1.22 bits per heavy atom. The van der Waals surface area contributed by atoms with E-state index < -0.39 is 0 Å². The topological polar surface area (TPSA) is 59.2 Å². The molecule has 0 aliphatic heterocycles. The summed E-state index contributed by atoms with van der Waals surface area (Å²) in [6, 6.07) is 15.2. The zero-order chi connectivity index (χ0) is 18.8. The van der Waals surface area contributed by atoms with Gasteiger partial charge in [-0.3, -0.25) is 14.7 Å². The molecule has 0 saturated carbocycles. The van der Waals surface area contributed by atoms with Crippen molar-refractivity contribution in [2.75, 3.05) is 4.90 Å². The van der Waals surface area contributed by atoms with Crippen molar-refractivity contribution in [3.8, 4) is 0 Å². The standard InChI is InChI=1S/C20H16BrN3O2S/c1-2-13-6-7-15-17(11-13)27-20(23-15)24(12-14-5-3-4-10-22-14)19(25)16-8-9-18(21)26-16/h3-11H,2,12H2,1H3. The number of halogens is 1. The Bertz CT molecular complexity index is 1090. The van der Waals surface area contributed by atoms with Crippen LogP contribution in [0.25, 0.3) is 10.2 Å². The molecule has 1 aromatic carbocycles. The second-order valence-corrected chi connectivity index (χ2v) is 7.76. The Kier molecular flexibility index (Phi) is 5.05. The van der Waals surface area contributed by atoms with Gasteiger partial charge in [0.05, 0.1) is 22.5 Å². The fraction of sp³-hybridized carbons (Fsp3) is 0.150. The molecule has 4 aromatic rings. The van der Waals surface area contributed by atoms with E-state index in [1.165, 1.54) is 16.9 Å². The smallest absolute Gasteiger partial charge is 0.296 e. The van der Waals surface area contributed by atoms with E-state index in [2.05, 4.69) is 45.0 Å². The Balaban J connectivity index is 1.75. The number of thiazole rings is 1. The number of fused-ring (bicyclic) bond motifs is 1. The number of aromatic nitrogens is 2. The highest BCUT2D eigenvalue weighted by Gasteiger charge is 2.24. The van der Waals surface area contributed by atoms with E-state index in [1.54, 1.807) is 23.2 Å². The molecule has 0 aliphatic carbocycles. The van der Waals surface area contributed by atoms with Crippen molar-refractivity contribution in [1.82, 2.24) is 9.97 Å². The molecule has 0 bridgehead atoms. The largest absolute Gasteiger partial charge is 0.444 e. The number of nitrogens with zero attached hydrogens (tertiary/aromatic N) is 3. The molecule has 0 saturated heterocycles. The van der Waals surface area contributed by atoms with Gasteiger partial charge in [0.15, 0.2) is 15.6 Å². The lowest BCUT2D eigenvalue weighted by molar-refractivity contribution is 0.0957. The van der Waals surface area contributed by atoms with Crippen molar-refractivity contribution in [1.29, 1.82) is 0 Å². The summed E-state index contributed by atoms with van der Waals surface area (Å²) in [6.45, 7) is 2.44. The van der Waals surface area contributed by atoms with E-state index in [9.17, 15) is 4.79 Å². The molecule has 0 fully saturated rings. The van der Waals surface area contributed by atoms with Crippen LogP contribution in [0.5, 0.6) is 0 Å². The highest BCUT2D eigenvalue weighted by atomic mass is 79.9. The van der Waals surface area contributed by atoms with E-state index in [-0.39, 0.29) is 11.7 Å². The summed E-state index contributed by atoms with van der Waals surface area (Å²) in [7, 11) is 0. The molecule has 0 unspecified atom stereocenters. The van der Waals surface area contributed by atoms with Crippen molar-refractivity contribution in [2.24, 2.45) is 0 Å². The summed E-state index contributed by atoms with van der Waals surface area (Å²) < 4.78 is 7.05. The van der Waals surface area contributed by atoms with Gasteiger partial charge < -0.3 is 4.42 Å². The second-order valence-electron chi connectivity index (χ2n) is 5.97. The monoisotopic (exact) mass is 441 g/mol. The molecule has 0 atom stereocenters. The first-order chi connectivity index (χ1) is 13.1. The fourth-order valence-electron chi connectivity index (χ4n) is 2.73. The van der Waals surface area contributed by atoms with Crippen LogP contribution >= 0.6 is 27.3 Å². The van der Waals surface area contributed by atoms with Crippen molar-refractivity contribution < 1.29 is 9.21 Å². The zero-order valence-electron chi connectivity index (χ0n) is 14.6. The maximum absolute atomic E-state index is 13.1. The summed E-state index contributed by atoms with van der Waals surface area (Å²) >= 11 is 4.75. The molecule has 0 aliphatic rings. The molecule has 7 heteroatoms. The van der Waals surface area contributed by atoms with E-state index in [1.807, 2.05) is 24.3 Å². The lowest BCUT2D eigenvalue weighted by atomic mass is 10.2. The lowest BCUT2D eigenvalue weighted by Gasteiger charge is -2.18. The van der Waals surface area contributed by atoms with Crippen LogP contribution in [0.15, 0.2) is 63.8 Å². The minimum atomic E-state index is -0.249. The Morgan fingerprint density at radius 3 is 2.81 bits per heavy atom. The summed E-state index contributed by atoms with van der Waals surface area (Å²) in [6.07, 6.45) is 2.67. The number of carbonyl (C=O) groups is 1. The van der Waals surface area contributed by atoms with Crippen molar-refractivity contribution in [3.63, 3.8) is 0 Å². The first-order valence-electron chi connectivity index (χ1n) is 8.50. The summed E-state index contributed by atoms with van der Waals surface area (Å²) in [5.41, 5.74) is 2.91. The van der Waals surface area contributed by atoms with Crippen molar-refractivity contribution in [3.05, 3.63) is 76.4 Å². The highest BCUT2D eigenvalue weighted by molar-refractivity contribution is 9.10.